The van der Waals surface area contributed by atoms with Crippen molar-refractivity contribution < 1.29 is 14.2 Å². The summed E-state index contributed by atoms with van der Waals surface area (Å²) in [4.78, 5) is 7.66. The molecule has 0 fully saturated rings. The molecule has 0 unspecified atom stereocenters. The van der Waals surface area contributed by atoms with Crippen LogP contribution in [0.4, 0.5) is 5.82 Å². The van der Waals surface area contributed by atoms with Gasteiger partial charge in [-0.1, -0.05) is 11.6 Å². The van der Waals surface area contributed by atoms with E-state index in [1.54, 1.807) is 31.4 Å². The minimum Gasteiger partial charge on any atom is -0.468 e. The zero-order valence-corrected chi connectivity index (χ0v) is 10.9. The molecule has 7 heteroatoms. The van der Waals surface area contributed by atoms with Crippen LogP contribution in [0.25, 0.3) is 0 Å². The quantitative estimate of drug-likeness (QED) is 0.848. The molecular weight excluding hydrogens is 270 g/mol. The Morgan fingerprint density at radius 2 is 1.84 bits per heavy atom. The van der Waals surface area contributed by atoms with Crippen LogP contribution in [-0.4, -0.2) is 23.9 Å². The number of benzene rings is 1. The van der Waals surface area contributed by atoms with Crippen LogP contribution in [0.2, 0.25) is 5.02 Å². The monoisotopic (exact) mass is 281 g/mol. The number of ether oxygens (including phenoxy) is 3. The smallest absolute Gasteiger partial charge is 0.243 e. The first-order valence-electron chi connectivity index (χ1n) is 5.36. The predicted molar refractivity (Wildman–Crippen MR) is 70.5 cm³/mol. The van der Waals surface area contributed by atoms with Crippen molar-refractivity contribution in [1.29, 1.82) is 0 Å². The summed E-state index contributed by atoms with van der Waals surface area (Å²) in [5.74, 6) is 1.61. The van der Waals surface area contributed by atoms with E-state index >= 15 is 0 Å². The Hall–Kier alpha value is -2.05. The molecule has 0 spiro atoms. The van der Waals surface area contributed by atoms with E-state index < -0.39 is 0 Å². The summed E-state index contributed by atoms with van der Waals surface area (Å²) in [6.45, 7) is 0.189. The van der Waals surface area contributed by atoms with Gasteiger partial charge in [-0.05, 0) is 24.3 Å². The van der Waals surface area contributed by atoms with Gasteiger partial charge in [-0.15, -0.1) is 0 Å². The second-order valence-electron chi connectivity index (χ2n) is 3.50. The van der Waals surface area contributed by atoms with E-state index in [9.17, 15) is 0 Å². The highest BCUT2D eigenvalue weighted by molar-refractivity contribution is 6.34. The molecule has 1 aromatic heterocycles. The van der Waals surface area contributed by atoms with Crippen LogP contribution >= 0.6 is 11.6 Å². The van der Waals surface area contributed by atoms with E-state index in [1.165, 1.54) is 6.33 Å². The lowest BCUT2D eigenvalue weighted by molar-refractivity contribution is 0.0511. The van der Waals surface area contributed by atoms with Gasteiger partial charge < -0.3 is 19.9 Å². The predicted octanol–water partition coefficient (Wildman–Crippen LogP) is 2.49. The third-order valence-corrected chi connectivity index (χ3v) is 2.52. The summed E-state index contributed by atoms with van der Waals surface area (Å²) in [6, 6.07) is 6.93. The standard InChI is InChI=1S/C12H12ClN3O3/c1-17-7-18-8-2-4-9(5-3-8)19-12-10(13)11(14)15-6-16-12/h2-6H,7H2,1H3,(H2,14,15,16). The largest absolute Gasteiger partial charge is 0.468 e. The zero-order chi connectivity index (χ0) is 13.7. The Kier molecular flexibility index (Phi) is 4.38. The third-order valence-electron chi connectivity index (χ3n) is 2.17. The molecule has 2 aromatic rings. The van der Waals surface area contributed by atoms with E-state index in [4.69, 9.17) is 31.5 Å². The summed E-state index contributed by atoms with van der Waals surface area (Å²) >= 11 is 5.93. The van der Waals surface area contributed by atoms with Gasteiger partial charge in [-0.2, -0.15) is 4.98 Å². The first-order valence-corrected chi connectivity index (χ1v) is 5.74. The number of nitrogens with zero attached hydrogens (tertiary/aromatic N) is 2. The average molecular weight is 282 g/mol. The molecule has 100 valence electrons. The number of rotatable bonds is 5. The number of methoxy groups -OCH3 is 1. The van der Waals surface area contributed by atoms with Gasteiger partial charge in [0.1, 0.15) is 28.7 Å². The SMILES string of the molecule is COCOc1ccc(Oc2ncnc(N)c2Cl)cc1. The molecular formula is C12H12ClN3O3. The minimum absolute atomic E-state index is 0.173. The van der Waals surface area contributed by atoms with Crippen LogP contribution in [0.15, 0.2) is 30.6 Å². The Balaban J connectivity index is 2.09. The lowest BCUT2D eigenvalue weighted by Gasteiger charge is -2.08. The molecule has 0 aliphatic carbocycles. The fraction of sp³-hybridized carbons (Fsp3) is 0.167. The van der Waals surface area contributed by atoms with Gasteiger partial charge in [0.15, 0.2) is 6.79 Å². The highest BCUT2D eigenvalue weighted by atomic mass is 35.5. The van der Waals surface area contributed by atoms with Gasteiger partial charge in [0.2, 0.25) is 5.88 Å². The van der Waals surface area contributed by atoms with Crippen molar-refractivity contribution in [2.24, 2.45) is 0 Å². The number of hydrogen-bond acceptors (Lipinski definition) is 6. The number of nitrogens with two attached hydrogens (primary N) is 1. The van der Waals surface area contributed by atoms with Gasteiger partial charge in [0.25, 0.3) is 0 Å². The molecule has 0 bridgehead atoms. The maximum atomic E-state index is 5.93. The number of hydrogen-bond donors (Lipinski definition) is 1. The molecule has 0 saturated heterocycles. The fourth-order valence-corrected chi connectivity index (χ4v) is 1.42. The Morgan fingerprint density at radius 1 is 1.16 bits per heavy atom. The van der Waals surface area contributed by atoms with Crippen LogP contribution in [0.5, 0.6) is 17.4 Å². The Bertz CT molecular complexity index is 548. The van der Waals surface area contributed by atoms with Crippen molar-refractivity contribution in [3.8, 4) is 17.4 Å². The van der Waals surface area contributed by atoms with Crippen LogP contribution in [0.3, 0.4) is 0 Å². The van der Waals surface area contributed by atoms with Gasteiger partial charge in [-0.25, -0.2) is 4.98 Å². The molecule has 0 aliphatic heterocycles. The van der Waals surface area contributed by atoms with Crippen molar-refractivity contribution >= 4 is 17.4 Å². The normalized spacial score (nSPS) is 10.2. The van der Waals surface area contributed by atoms with Crippen LogP contribution in [0, 0.1) is 0 Å². The number of anilines is 1. The molecule has 0 radical (unpaired) electrons. The highest BCUT2D eigenvalue weighted by Gasteiger charge is 2.08. The number of halogens is 1. The number of nitrogen functional groups attached to an aromatic ring is 1. The van der Waals surface area contributed by atoms with Gasteiger partial charge >= 0.3 is 0 Å². The second kappa shape index (κ2) is 6.21. The van der Waals surface area contributed by atoms with E-state index in [0.717, 1.165) is 0 Å². The fourth-order valence-electron chi connectivity index (χ4n) is 1.28. The van der Waals surface area contributed by atoms with Crippen molar-refractivity contribution in [2.75, 3.05) is 19.6 Å². The average Bonchev–Trinajstić information content (AvgIpc) is 2.43. The lowest BCUT2D eigenvalue weighted by Crippen LogP contribution is -1.99. The molecule has 0 atom stereocenters. The van der Waals surface area contributed by atoms with Crippen LogP contribution < -0.4 is 15.2 Å². The third kappa shape index (κ3) is 3.46. The van der Waals surface area contributed by atoms with Crippen molar-refractivity contribution in [1.82, 2.24) is 9.97 Å². The Labute approximate surface area is 115 Å². The molecule has 19 heavy (non-hydrogen) atoms. The van der Waals surface area contributed by atoms with Crippen LogP contribution in [0.1, 0.15) is 0 Å². The molecule has 0 aliphatic rings. The number of aromatic nitrogens is 2. The van der Waals surface area contributed by atoms with Crippen LogP contribution in [-0.2, 0) is 4.74 Å². The topological polar surface area (TPSA) is 79.5 Å². The van der Waals surface area contributed by atoms with Crippen molar-refractivity contribution in [3.05, 3.63) is 35.6 Å². The summed E-state index contributed by atoms with van der Waals surface area (Å²) in [7, 11) is 1.55. The van der Waals surface area contributed by atoms with Gasteiger partial charge in [0.05, 0.1) is 0 Å². The highest BCUT2D eigenvalue weighted by Crippen LogP contribution is 2.30. The molecule has 0 amide bonds. The summed E-state index contributed by atoms with van der Waals surface area (Å²) in [5, 5.41) is 0.183. The lowest BCUT2D eigenvalue weighted by atomic mass is 10.3. The molecule has 2 rings (SSSR count). The first kappa shape index (κ1) is 13.4. The van der Waals surface area contributed by atoms with E-state index in [0.29, 0.717) is 11.5 Å². The summed E-state index contributed by atoms with van der Waals surface area (Å²) < 4.78 is 15.6. The Morgan fingerprint density at radius 3 is 2.53 bits per heavy atom. The van der Waals surface area contributed by atoms with Crippen molar-refractivity contribution in [2.45, 2.75) is 0 Å². The molecule has 6 nitrogen and oxygen atoms in total. The van der Waals surface area contributed by atoms with Crippen molar-refractivity contribution in [3.63, 3.8) is 0 Å². The van der Waals surface area contributed by atoms with E-state index in [-0.39, 0.29) is 23.5 Å². The van der Waals surface area contributed by atoms with E-state index in [2.05, 4.69) is 9.97 Å². The second-order valence-corrected chi connectivity index (χ2v) is 3.88. The van der Waals surface area contributed by atoms with Gasteiger partial charge in [-0.3, -0.25) is 0 Å². The minimum atomic E-state index is 0.173. The molecule has 1 aromatic carbocycles. The maximum absolute atomic E-state index is 5.93. The zero-order valence-electron chi connectivity index (χ0n) is 10.2. The van der Waals surface area contributed by atoms with Gasteiger partial charge in [0, 0.05) is 7.11 Å². The summed E-state index contributed by atoms with van der Waals surface area (Å²) in [6.07, 6.45) is 1.28. The maximum Gasteiger partial charge on any atom is 0.243 e. The summed E-state index contributed by atoms with van der Waals surface area (Å²) in [5.41, 5.74) is 5.56. The molecule has 2 N–H and O–H groups in total. The van der Waals surface area contributed by atoms with E-state index in [1.807, 2.05) is 0 Å². The molecule has 1 heterocycles. The first-order chi connectivity index (χ1) is 9.20. The molecule has 0 saturated carbocycles.